The van der Waals surface area contributed by atoms with Crippen LogP contribution in [-0.2, 0) is 4.79 Å². The van der Waals surface area contributed by atoms with Crippen molar-refractivity contribution in [3.63, 3.8) is 0 Å². The van der Waals surface area contributed by atoms with Gasteiger partial charge < -0.3 is 14.8 Å². The van der Waals surface area contributed by atoms with Crippen LogP contribution in [0.4, 0.5) is 0 Å². The van der Waals surface area contributed by atoms with Gasteiger partial charge in [0.25, 0.3) is 0 Å². The molecule has 1 aliphatic rings. The van der Waals surface area contributed by atoms with Gasteiger partial charge in [0.1, 0.15) is 18.6 Å². The Kier molecular flexibility index (Phi) is 4.17. The average Bonchev–Trinajstić information content (AvgIpc) is 3.19. The predicted molar refractivity (Wildman–Crippen MR) is 87.1 cm³/mol. The molecular weight excluding hydrogens is 294 g/mol. The van der Waals surface area contributed by atoms with E-state index in [0.29, 0.717) is 29.3 Å². The van der Waals surface area contributed by atoms with Crippen LogP contribution in [0.5, 0.6) is 5.88 Å². The first-order valence-electron chi connectivity index (χ1n) is 7.80. The molecule has 0 amide bonds. The van der Waals surface area contributed by atoms with Gasteiger partial charge in [0.15, 0.2) is 5.78 Å². The summed E-state index contributed by atoms with van der Waals surface area (Å²) in [6.07, 6.45) is 9.50. The summed E-state index contributed by atoms with van der Waals surface area (Å²) in [6, 6.07) is 0. The number of hydrogen-bond acceptors (Lipinski definition) is 5. The second-order valence-corrected chi connectivity index (χ2v) is 6.69. The minimum absolute atomic E-state index is 0.119. The minimum Gasteiger partial charge on any atom is -0.474 e. The van der Waals surface area contributed by atoms with Crippen molar-refractivity contribution >= 4 is 22.9 Å². The highest BCUT2D eigenvalue weighted by atomic mass is 16.5. The van der Waals surface area contributed by atoms with Crippen LogP contribution in [0.15, 0.2) is 18.6 Å². The lowest BCUT2D eigenvalue weighted by molar-refractivity contribution is -0.114. The zero-order valence-corrected chi connectivity index (χ0v) is 13.4. The molecule has 6 nitrogen and oxygen atoms in total. The zero-order valence-electron chi connectivity index (χ0n) is 13.4. The molecule has 1 saturated carbocycles. The van der Waals surface area contributed by atoms with Crippen LogP contribution in [0.1, 0.15) is 38.7 Å². The van der Waals surface area contributed by atoms with Gasteiger partial charge in [-0.05, 0) is 44.8 Å². The van der Waals surface area contributed by atoms with E-state index in [2.05, 4.69) is 15.0 Å². The van der Waals surface area contributed by atoms with E-state index in [1.165, 1.54) is 6.33 Å². The van der Waals surface area contributed by atoms with Crippen LogP contribution in [-0.4, -0.2) is 38.0 Å². The number of ketones is 1. The summed E-state index contributed by atoms with van der Waals surface area (Å²) < 4.78 is 5.62. The molecule has 0 aromatic carbocycles. The Morgan fingerprint density at radius 2 is 2.26 bits per heavy atom. The number of aromatic amines is 1. The smallest absolute Gasteiger partial charge is 0.226 e. The lowest BCUT2D eigenvalue weighted by atomic mass is 10.1. The normalized spacial score (nSPS) is 15.4. The summed E-state index contributed by atoms with van der Waals surface area (Å²) in [5, 5.41) is 10.5. The van der Waals surface area contributed by atoms with Crippen LogP contribution >= 0.6 is 0 Å². The van der Waals surface area contributed by atoms with Gasteiger partial charge in [-0.2, -0.15) is 0 Å². The van der Waals surface area contributed by atoms with Crippen LogP contribution < -0.4 is 4.74 Å². The number of carbonyl (C=O) groups is 1. The average molecular weight is 315 g/mol. The highest BCUT2D eigenvalue weighted by Gasteiger charge is 2.23. The first-order valence-corrected chi connectivity index (χ1v) is 7.80. The third-order valence-electron chi connectivity index (χ3n) is 3.66. The Labute approximate surface area is 134 Å². The summed E-state index contributed by atoms with van der Waals surface area (Å²) in [5.41, 5.74) is 0.486. The molecule has 1 aliphatic carbocycles. The van der Waals surface area contributed by atoms with E-state index in [-0.39, 0.29) is 12.4 Å². The molecule has 2 heterocycles. The van der Waals surface area contributed by atoms with Crippen molar-refractivity contribution in [3.05, 3.63) is 24.2 Å². The molecule has 122 valence electrons. The van der Waals surface area contributed by atoms with E-state index in [9.17, 15) is 9.90 Å². The van der Waals surface area contributed by atoms with Gasteiger partial charge >= 0.3 is 0 Å². The Morgan fingerprint density at radius 3 is 2.96 bits per heavy atom. The number of allylic oxidation sites excluding steroid dienone is 1. The number of nitrogens with zero attached hydrogens (tertiary/aromatic N) is 2. The summed E-state index contributed by atoms with van der Waals surface area (Å²) in [6.45, 7) is 3.45. The molecule has 2 aromatic heterocycles. The van der Waals surface area contributed by atoms with Crippen molar-refractivity contribution in [2.75, 3.05) is 6.61 Å². The molecule has 0 unspecified atom stereocenters. The summed E-state index contributed by atoms with van der Waals surface area (Å²) in [7, 11) is 0. The number of carbonyl (C=O) groups excluding carboxylic acids is 1. The van der Waals surface area contributed by atoms with Crippen LogP contribution in [0.25, 0.3) is 17.1 Å². The SMILES string of the molecule is CC(C)(O)COc1ncnc2[nH]cc(/C=C/C(=O)CC3CC3)c12. The Hall–Kier alpha value is -2.21. The molecule has 6 heteroatoms. The maximum atomic E-state index is 11.9. The van der Waals surface area contributed by atoms with Crippen molar-refractivity contribution in [1.82, 2.24) is 15.0 Å². The topological polar surface area (TPSA) is 88.1 Å². The second-order valence-electron chi connectivity index (χ2n) is 6.69. The van der Waals surface area contributed by atoms with E-state index in [1.54, 1.807) is 32.2 Å². The van der Waals surface area contributed by atoms with Gasteiger partial charge in [-0.3, -0.25) is 4.79 Å². The number of nitrogens with one attached hydrogen (secondary N) is 1. The third-order valence-corrected chi connectivity index (χ3v) is 3.66. The molecule has 0 aliphatic heterocycles. The first-order chi connectivity index (χ1) is 10.9. The number of aromatic nitrogens is 3. The summed E-state index contributed by atoms with van der Waals surface area (Å²) >= 11 is 0. The molecule has 0 atom stereocenters. The molecule has 0 radical (unpaired) electrons. The number of H-pyrrole nitrogens is 1. The van der Waals surface area contributed by atoms with E-state index < -0.39 is 5.60 Å². The third kappa shape index (κ3) is 4.16. The van der Waals surface area contributed by atoms with E-state index in [4.69, 9.17) is 4.74 Å². The minimum atomic E-state index is -0.955. The van der Waals surface area contributed by atoms with Crippen molar-refractivity contribution in [3.8, 4) is 5.88 Å². The molecule has 3 rings (SSSR count). The van der Waals surface area contributed by atoms with Crippen molar-refractivity contribution in [2.45, 2.75) is 38.7 Å². The van der Waals surface area contributed by atoms with Gasteiger partial charge in [-0.15, -0.1) is 0 Å². The van der Waals surface area contributed by atoms with Gasteiger partial charge in [-0.1, -0.05) is 0 Å². The van der Waals surface area contributed by atoms with Crippen LogP contribution in [0.2, 0.25) is 0 Å². The summed E-state index contributed by atoms with van der Waals surface area (Å²) in [4.78, 5) is 23.2. The molecule has 23 heavy (non-hydrogen) atoms. The molecule has 2 aromatic rings. The lowest BCUT2D eigenvalue weighted by Crippen LogP contribution is -2.28. The first kappa shape index (κ1) is 15.7. The van der Waals surface area contributed by atoms with Crippen molar-refractivity contribution < 1.29 is 14.6 Å². The Bertz CT molecular complexity index is 739. The highest BCUT2D eigenvalue weighted by Crippen LogP contribution is 2.33. The van der Waals surface area contributed by atoms with E-state index >= 15 is 0 Å². The highest BCUT2D eigenvalue weighted by molar-refractivity contribution is 5.98. The number of ether oxygens (including phenoxy) is 1. The van der Waals surface area contributed by atoms with Gasteiger partial charge in [-0.25, -0.2) is 9.97 Å². The largest absolute Gasteiger partial charge is 0.474 e. The predicted octanol–water partition coefficient (Wildman–Crippen LogP) is 2.49. The maximum absolute atomic E-state index is 11.9. The fourth-order valence-electron chi connectivity index (χ4n) is 2.30. The fourth-order valence-corrected chi connectivity index (χ4v) is 2.30. The van der Waals surface area contributed by atoms with Crippen molar-refractivity contribution in [2.24, 2.45) is 5.92 Å². The van der Waals surface area contributed by atoms with Crippen LogP contribution in [0, 0.1) is 5.92 Å². The van der Waals surface area contributed by atoms with E-state index in [0.717, 1.165) is 18.4 Å². The van der Waals surface area contributed by atoms with Crippen LogP contribution in [0.3, 0.4) is 0 Å². The number of fused-ring (bicyclic) bond motifs is 1. The monoisotopic (exact) mass is 315 g/mol. The molecule has 0 saturated heterocycles. The number of hydrogen-bond donors (Lipinski definition) is 2. The van der Waals surface area contributed by atoms with Crippen molar-refractivity contribution in [1.29, 1.82) is 0 Å². The number of rotatable bonds is 7. The molecule has 1 fully saturated rings. The standard InChI is InChI=1S/C17H21N3O3/c1-17(2,22)9-23-16-14-12(8-18-15(14)19-10-20-16)5-6-13(21)7-11-3-4-11/h5-6,8,10-11,22H,3-4,7,9H2,1-2H3,(H,18,19,20)/b6-5+. The summed E-state index contributed by atoms with van der Waals surface area (Å²) in [5.74, 6) is 1.11. The molecule has 0 spiro atoms. The Balaban J connectivity index is 1.82. The maximum Gasteiger partial charge on any atom is 0.226 e. The Morgan fingerprint density at radius 1 is 1.48 bits per heavy atom. The molecular formula is C17H21N3O3. The molecule has 2 N–H and O–H groups in total. The molecule has 0 bridgehead atoms. The fraction of sp³-hybridized carbons (Fsp3) is 0.471. The lowest BCUT2D eigenvalue weighted by Gasteiger charge is -2.17. The van der Waals surface area contributed by atoms with E-state index in [1.807, 2.05) is 0 Å². The van der Waals surface area contributed by atoms with Gasteiger partial charge in [0.05, 0.1) is 11.0 Å². The number of aliphatic hydroxyl groups is 1. The quantitative estimate of drug-likeness (QED) is 0.766. The van der Waals surface area contributed by atoms with Gasteiger partial charge in [0.2, 0.25) is 5.88 Å². The second kappa shape index (κ2) is 6.12. The zero-order chi connectivity index (χ0) is 16.4. The van der Waals surface area contributed by atoms with Gasteiger partial charge in [0, 0.05) is 18.2 Å².